The first-order valence-corrected chi connectivity index (χ1v) is 20.5. The molecular weight excluding hydrogens is 743 g/mol. The first kappa shape index (κ1) is 35.9. The summed E-state index contributed by atoms with van der Waals surface area (Å²) in [7, 11) is 0. The van der Waals surface area contributed by atoms with Gasteiger partial charge in [0, 0.05) is 16.7 Å². The lowest BCUT2D eigenvalue weighted by Crippen LogP contribution is -1.97. The van der Waals surface area contributed by atoms with Gasteiger partial charge in [0.15, 0.2) is 5.58 Å². The summed E-state index contributed by atoms with van der Waals surface area (Å²) in [5.74, 6) is 0.617. The zero-order valence-corrected chi connectivity index (χ0v) is 33.1. The third kappa shape index (κ3) is 7.07. The van der Waals surface area contributed by atoms with Crippen molar-refractivity contribution < 1.29 is 4.42 Å². The van der Waals surface area contributed by atoms with E-state index < -0.39 is 0 Å². The Hall–Kier alpha value is -8.21. The average Bonchev–Trinajstić information content (AvgIpc) is 3.79. The van der Waals surface area contributed by atoms with E-state index in [0.717, 1.165) is 94.7 Å². The fourth-order valence-electron chi connectivity index (χ4n) is 8.19. The topological polar surface area (TPSA) is 51.8 Å². The normalized spacial score (nSPS) is 11.3. The molecule has 0 aliphatic heterocycles. The summed E-state index contributed by atoms with van der Waals surface area (Å²) in [5, 5.41) is 0. The van der Waals surface area contributed by atoms with Crippen LogP contribution in [0.3, 0.4) is 0 Å². The fourth-order valence-corrected chi connectivity index (χ4v) is 8.19. The van der Waals surface area contributed by atoms with E-state index in [1.165, 1.54) is 11.1 Å². The summed E-state index contributed by atoms with van der Waals surface area (Å²) in [4.78, 5) is 15.6. The number of para-hydroxylation sites is 2. The van der Waals surface area contributed by atoms with E-state index in [0.29, 0.717) is 5.89 Å². The van der Waals surface area contributed by atoms with E-state index in [1.807, 2.05) is 30.3 Å². The molecule has 0 saturated heterocycles. The molecule has 0 spiro atoms. The van der Waals surface area contributed by atoms with Crippen molar-refractivity contribution in [2.75, 3.05) is 0 Å². The molecule has 9 aromatic carbocycles. The van der Waals surface area contributed by atoms with Gasteiger partial charge in [-0.1, -0.05) is 176 Å². The minimum Gasteiger partial charge on any atom is -0.436 e. The van der Waals surface area contributed by atoms with Crippen LogP contribution in [0.25, 0.3) is 112 Å². The fraction of sp³-hybridized carbons (Fsp3) is 0. The Kier molecular flexibility index (Phi) is 9.14. The van der Waals surface area contributed by atoms with E-state index in [9.17, 15) is 0 Å². The SMILES string of the molecule is c1ccc(-c2cccc(-c3cc4nc(-c5ccccc5)c(-c5ccc(-c6ccc(-c7nc8ccccc8o7)cc6)cc5)nc4cc3-c3cccc(-c4ccccc4)c3)c2)cc1. The minimum atomic E-state index is 0.617. The van der Waals surface area contributed by atoms with Gasteiger partial charge in [0.05, 0.1) is 22.4 Å². The molecule has 11 rings (SSSR count). The Balaban J connectivity index is 1.03. The van der Waals surface area contributed by atoms with Crippen molar-refractivity contribution in [1.82, 2.24) is 15.0 Å². The molecule has 2 heterocycles. The molecule has 11 aromatic rings. The van der Waals surface area contributed by atoms with Crippen LogP contribution < -0.4 is 0 Å². The zero-order chi connectivity index (χ0) is 40.5. The summed E-state index contributed by atoms with van der Waals surface area (Å²) >= 11 is 0. The van der Waals surface area contributed by atoms with Gasteiger partial charge in [0.25, 0.3) is 0 Å². The summed E-state index contributed by atoms with van der Waals surface area (Å²) in [6.45, 7) is 0. The molecule has 4 heteroatoms. The molecule has 4 nitrogen and oxygen atoms in total. The molecule has 0 amide bonds. The number of benzene rings is 9. The summed E-state index contributed by atoms with van der Waals surface area (Å²) < 4.78 is 6.02. The Morgan fingerprint density at radius 3 is 1.13 bits per heavy atom. The summed E-state index contributed by atoms with van der Waals surface area (Å²) in [6.07, 6.45) is 0. The quantitative estimate of drug-likeness (QED) is 0.154. The molecule has 0 fully saturated rings. The highest BCUT2D eigenvalue weighted by Crippen LogP contribution is 2.40. The van der Waals surface area contributed by atoms with E-state index >= 15 is 0 Å². The summed E-state index contributed by atoms with van der Waals surface area (Å²) in [5.41, 5.74) is 19.2. The molecular formula is C57H37N3O. The number of aromatic nitrogens is 3. The molecule has 286 valence electrons. The first-order chi connectivity index (χ1) is 30.2. The molecule has 61 heavy (non-hydrogen) atoms. The van der Waals surface area contributed by atoms with Crippen LogP contribution in [-0.4, -0.2) is 15.0 Å². The Morgan fingerprint density at radius 1 is 0.246 bits per heavy atom. The second kappa shape index (κ2) is 15.5. The molecule has 0 bridgehead atoms. The lowest BCUT2D eigenvalue weighted by atomic mass is 9.90. The second-order valence-electron chi connectivity index (χ2n) is 15.2. The molecule has 0 atom stereocenters. The number of fused-ring (bicyclic) bond motifs is 2. The van der Waals surface area contributed by atoms with E-state index in [2.05, 4.69) is 199 Å². The first-order valence-electron chi connectivity index (χ1n) is 20.5. The van der Waals surface area contributed by atoms with Gasteiger partial charge in [0.1, 0.15) is 5.52 Å². The van der Waals surface area contributed by atoms with E-state index in [1.54, 1.807) is 0 Å². The third-order valence-corrected chi connectivity index (χ3v) is 11.3. The molecule has 0 saturated carbocycles. The molecule has 0 radical (unpaired) electrons. The van der Waals surface area contributed by atoms with Crippen LogP contribution in [0.15, 0.2) is 229 Å². The van der Waals surface area contributed by atoms with Crippen LogP contribution in [0.2, 0.25) is 0 Å². The number of hydrogen-bond acceptors (Lipinski definition) is 4. The van der Waals surface area contributed by atoms with Crippen molar-refractivity contribution in [1.29, 1.82) is 0 Å². The maximum Gasteiger partial charge on any atom is 0.227 e. The van der Waals surface area contributed by atoms with Crippen LogP contribution >= 0.6 is 0 Å². The van der Waals surface area contributed by atoms with Crippen molar-refractivity contribution in [3.05, 3.63) is 224 Å². The molecule has 2 aromatic heterocycles. The highest BCUT2D eigenvalue weighted by atomic mass is 16.3. The second-order valence-corrected chi connectivity index (χ2v) is 15.2. The van der Waals surface area contributed by atoms with Gasteiger partial charge in [-0.25, -0.2) is 15.0 Å². The van der Waals surface area contributed by atoms with Crippen LogP contribution in [0.5, 0.6) is 0 Å². The van der Waals surface area contributed by atoms with E-state index in [-0.39, 0.29) is 0 Å². The van der Waals surface area contributed by atoms with Crippen molar-refractivity contribution >= 4 is 22.1 Å². The number of hydrogen-bond donors (Lipinski definition) is 0. The maximum atomic E-state index is 6.02. The standard InChI is InChI=1S/C57H37N3O/c1-4-14-38(15-5-1)45-20-12-22-47(34-45)49-36-52-53(37-50(49)48-23-13-21-46(35-48)39-16-6-2-7-17-39)59-56(55(58-52)42-18-8-3-9-19-42)43-30-26-40(27-31-43)41-28-32-44(33-29-41)57-60-51-24-10-11-25-54(51)61-57/h1-37H. The van der Waals surface area contributed by atoms with Gasteiger partial charge in [0.2, 0.25) is 5.89 Å². The van der Waals surface area contributed by atoms with Crippen molar-refractivity contribution in [3.63, 3.8) is 0 Å². The summed E-state index contributed by atoms with van der Waals surface area (Å²) in [6, 6.07) is 78.4. The molecule has 0 aliphatic carbocycles. The Morgan fingerprint density at radius 2 is 0.623 bits per heavy atom. The van der Waals surface area contributed by atoms with Gasteiger partial charge >= 0.3 is 0 Å². The van der Waals surface area contributed by atoms with Crippen molar-refractivity contribution in [3.8, 4) is 89.6 Å². The van der Waals surface area contributed by atoms with Crippen LogP contribution in [-0.2, 0) is 0 Å². The lowest BCUT2D eigenvalue weighted by Gasteiger charge is -2.16. The van der Waals surface area contributed by atoms with Gasteiger partial charge in [-0.05, 0) is 104 Å². The van der Waals surface area contributed by atoms with Crippen LogP contribution in [0, 0.1) is 0 Å². The van der Waals surface area contributed by atoms with Crippen molar-refractivity contribution in [2.45, 2.75) is 0 Å². The van der Waals surface area contributed by atoms with E-state index in [4.69, 9.17) is 14.4 Å². The molecule has 0 unspecified atom stereocenters. The van der Waals surface area contributed by atoms with Gasteiger partial charge in [-0.3, -0.25) is 0 Å². The average molecular weight is 780 g/mol. The number of nitrogens with zero attached hydrogens (tertiary/aromatic N) is 3. The molecule has 0 aliphatic rings. The van der Waals surface area contributed by atoms with Gasteiger partial charge in [-0.2, -0.15) is 0 Å². The maximum absolute atomic E-state index is 6.02. The van der Waals surface area contributed by atoms with Crippen molar-refractivity contribution in [2.24, 2.45) is 0 Å². The van der Waals surface area contributed by atoms with Crippen LogP contribution in [0.1, 0.15) is 0 Å². The smallest absolute Gasteiger partial charge is 0.227 e. The minimum absolute atomic E-state index is 0.617. The van der Waals surface area contributed by atoms with Gasteiger partial charge < -0.3 is 4.42 Å². The number of rotatable bonds is 8. The Labute approximate surface area is 354 Å². The van der Waals surface area contributed by atoms with Gasteiger partial charge in [-0.15, -0.1) is 0 Å². The molecule has 0 N–H and O–H groups in total. The lowest BCUT2D eigenvalue weighted by molar-refractivity contribution is 0.620. The zero-order valence-electron chi connectivity index (χ0n) is 33.1. The van der Waals surface area contributed by atoms with Crippen LogP contribution in [0.4, 0.5) is 0 Å². The largest absolute Gasteiger partial charge is 0.436 e. The number of oxazole rings is 1. The predicted molar refractivity (Wildman–Crippen MR) is 251 cm³/mol. The third-order valence-electron chi connectivity index (χ3n) is 11.3. The highest BCUT2D eigenvalue weighted by molar-refractivity contribution is 5.97. The monoisotopic (exact) mass is 779 g/mol. The predicted octanol–water partition coefficient (Wildman–Crippen LogP) is 15.1. The Bertz CT molecular complexity index is 3290. The highest BCUT2D eigenvalue weighted by Gasteiger charge is 2.18.